The molecule has 0 saturated heterocycles. The second kappa shape index (κ2) is 9.18. The fourth-order valence-corrected chi connectivity index (χ4v) is 3.25. The molecule has 10 heteroatoms. The minimum Gasteiger partial charge on any atom is -0.491 e. The van der Waals surface area contributed by atoms with Gasteiger partial charge >= 0.3 is 11.9 Å². The van der Waals surface area contributed by atoms with Crippen LogP contribution in [-0.4, -0.2) is 39.2 Å². The molecule has 0 saturated carbocycles. The molecule has 0 fully saturated rings. The van der Waals surface area contributed by atoms with E-state index in [1.807, 2.05) is 0 Å². The number of hydrogen-bond acceptors (Lipinski definition) is 6. The highest BCUT2D eigenvalue weighted by atomic mass is 32.2. The molecule has 0 unspecified atom stereocenters. The van der Waals surface area contributed by atoms with E-state index in [0.717, 1.165) is 12.1 Å². The van der Waals surface area contributed by atoms with Crippen LogP contribution in [0.3, 0.4) is 0 Å². The van der Waals surface area contributed by atoms with E-state index in [1.54, 1.807) is 0 Å². The molecule has 8 nitrogen and oxygen atoms in total. The molecule has 0 radical (unpaired) electrons. The van der Waals surface area contributed by atoms with Crippen LogP contribution in [0.2, 0.25) is 0 Å². The van der Waals surface area contributed by atoms with Gasteiger partial charge in [-0.3, -0.25) is 9.52 Å². The summed E-state index contributed by atoms with van der Waals surface area (Å²) in [6.45, 7) is -0.0138. The van der Waals surface area contributed by atoms with Crippen molar-refractivity contribution in [3.05, 3.63) is 53.8 Å². The molecule has 2 aromatic carbocycles. The second-order valence-electron chi connectivity index (χ2n) is 5.61. The number of halogens is 1. The fraction of sp³-hybridized carbons (Fsp3) is 0.222. The fourth-order valence-electron chi connectivity index (χ4n) is 2.18. The lowest BCUT2D eigenvalue weighted by Crippen LogP contribution is -2.13. The maximum absolute atomic E-state index is 14.1. The predicted molar refractivity (Wildman–Crippen MR) is 97.4 cm³/mol. The zero-order chi connectivity index (χ0) is 20.7. The first-order valence-electron chi connectivity index (χ1n) is 8.08. The van der Waals surface area contributed by atoms with Gasteiger partial charge < -0.3 is 14.6 Å². The standard InChI is InChI=1S/C18H18FNO7S/c1-26-18(23)12-4-6-13(7-5-12)20-28(24,25)14-8-9-16(15(19)11-14)27-10-2-3-17(21)22/h4-9,11,20H,2-3,10H2,1H3,(H,21,22). The number of sulfonamides is 1. The maximum Gasteiger partial charge on any atom is 0.337 e. The Balaban J connectivity index is 2.07. The van der Waals surface area contributed by atoms with Crippen LogP contribution in [0, 0.1) is 5.82 Å². The lowest BCUT2D eigenvalue weighted by molar-refractivity contribution is -0.137. The highest BCUT2D eigenvalue weighted by Crippen LogP contribution is 2.23. The van der Waals surface area contributed by atoms with Crippen LogP contribution in [0.1, 0.15) is 23.2 Å². The number of methoxy groups -OCH3 is 1. The Labute approximate surface area is 160 Å². The molecule has 150 valence electrons. The molecule has 0 aliphatic carbocycles. The first-order chi connectivity index (χ1) is 13.2. The third-order valence-corrected chi connectivity index (χ3v) is 4.94. The third kappa shape index (κ3) is 5.68. The molecule has 0 bridgehead atoms. The Morgan fingerprint density at radius 1 is 1.14 bits per heavy atom. The van der Waals surface area contributed by atoms with E-state index < -0.39 is 27.8 Å². The molecule has 0 aliphatic rings. The largest absolute Gasteiger partial charge is 0.491 e. The Bertz CT molecular complexity index is 958. The number of carboxylic acids is 1. The Kier molecular flexibility index (Phi) is 6.94. The quantitative estimate of drug-likeness (QED) is 0.481. The van der Waals surface area contributed by atoms with Gasteiger partial charge in [-0.1, -0.05) is 0 Å². The zero-order valence-electron chi connectivity index (χ0n) is 14.8. The highest BCUT2D eigenvalue weighted by Gasteiger charge is 2.17. The number of carboxylic acid groups (broad SMARTS) is 1. The smallest absolute Gasteiger partial charge is 0.337 e. The van der Waals surface area contributed by atoms with Gasteiger partial charge in [0, 0.05) is 12.1 Å². The van der Waals surface area contributed by atoms with Gasteiger partial charge in [0.1, 0.15) is 0 Å². The van der Waals surface area contributed by atoms with Crippen molar-refractivity contribution in [3.8, 4) is 5.75 Å². The number of carbonyl (C=O) groups is 2. The summed E-state index contributed by atoms with van der Waals surface area (Å²) in [5.74, 6) is -2.61. The predicted octanol–water partition coefficient (Wildman–Crippen LogP) is 2.66. The average Bonchev–Trinajstić information content (AvgIpc) is 2.65. The van der Waals surface area contributed by atoms with Crippen molar-refractivity contribution in [2.24, 2.45) is 0 Å². The number of benzene rings is 2. The number of carbonyl (C=O) groups excluding carboxylic acids is 1. The monoisotopic (exact) mass is 411 g/mol. The number of esters is 1. The summed E-state index contributed by atoms with van der Waals surface area (Å²) in [4.78, 5) is 21.5. The maximum atomic E-state index is 14.1. The molecule has 2 N–H and O–H groups in total. The molecule has 2 rings (SSSR count). The van der Waals surface area contributed by atoms with E-state index >= 15 is 0 Å². The van der Waals surface area contributed by atoms with Crippen molar-refractivity contribution in [2.45, 2.75) is 17.7 Å². The first-order valence-corrected chi connectivity index (χ1v) is 9.56. The van der Waals surface area contributed by atoms with Gasteiger partial charge in [0.2, 0.25) is 0 Å². The minimum atomic E-state index is -4.07. The van der Waals surface area contributed by atoms with Gasteiger partial charge in [0.15, 0.2) is 11.6 Å². The van der Waals surface area contributed by atoms with Crippen molar-refractivity contribution in [1.82, 2.24) is 0 Å². The van der Waals surface area contributed by atoms with Gasteiger partial charge in [-0.25, -0.2) is 17.6 Å². The highest BCUT2D eigenvalue weighted by molar-refractivity contribution is 7.92. The van der Waals surface area contributed by atoms with Crippen molar-refractivity contribution in [2.75, 3.05) is 18.4 Å². The third-order valence-electron chi connectivity index (χ3n) is 3.56. The number of anilines is 1. The van der Waals surface area contributed by atoms with Crippen molar-refractivity contribution < 1.29 is 37.0 Å². The van der Waals surface area contributed by atoms with Crippen LogP contribution in [0.4, 0.5) is 10.1 Å². The lowest BCUT2D eigenvalue weighted by atomic mass is 10.2. The van der Waals surface area contributed by atoms with Crippen LogP contribution >= 0.6 is 0 Å². The normalized spacial score (nSPS) is 10.9. The van der Waals surface area contributed by atoms with Gasteiger partial charge in [-0.15, -0.1) is 0 Å². The van der Waals surface area contributed by atoms with Gasteiger partial charge in [0.05, 0.1) is 24.2 Å². The molecule has 0 amide bonds. The Morgan fingerprint density at radius 3 is 2.39 bits per heavy atom. The average molecular weight is 411 g/mol. The Hall–Kier alpha value is -3.14. The van der Waals surface area contributed by atoms with Crippen LogP contribution < -0.4 is 9.46 Å². The summed E-state index contributed by atoms with van der Waals surface area (Å²) in [6, 6.07) is 8.65. The van der Waals surface area contributed by atoms with E-state index in [4.69, 9.17) is 9.84 Å². The molecule has 0 heterocycles. The number of ether oxygens (including phenoxy) is 2. The number of nitrogens with one attached hydrogen (secondary N) is 1. The SMILES string of the molecule is COC(=O)c1ccc(NS(=O)(=O)c2ccc(OCCCC(=O)O)c(F)c2)cc1. The molecule has 28 heavy (non-hydrogen) atoms. The van der Waals surface area contributed by atoms with Crippen LogP contribution in [0.25, 0.3) is 0 Å². The van der Waals surface area contributed by atoms with Crippen LogP contribution in [0.5, 0.6) is 5.75 Å². The summed E-state index contributed by atoms with van der Waals surface area (Å²) >= 11 is 0. The minimum absolute atomic E-state index is 0.0138. The number of hydrogen-bond donors (Lipinski definition) is 2. The van der Waals surface area contributed by atoms with Gasteiger partial charge in [0.25, 0.3) is 10.0 Å². The molecular formula is C18H18FNO7S. The van der Waals surface area contributed by atoms with E-state index in [1.165, 1.54) is 37.4 Å². The van der Waals surface area contributed by atoms with E-state index in [2.05, 4.69) is 9.46 Å². The molecular weight excluding hydrogens is 393 g/mol. The number of rotatable bonds is 9. The van der Waals surface area contributed by atoms with Gasteiger partial charge in [-0.05, 0) is 48.9 Å². The molecule has 2 aromatic rings. The van der Waals surface area contributed by atoms with E-state index in [0.29, 0.717) is 0 Å². The van der Waals surface area contributed by atoms with Crippen molar-refractivity contribution in [1.29, 1.82) is 0 Å². The summed E-state index contributed by atoms with van der Waals surface area (Å²) in [5.41, 5.74) is 0.433. The summed E-state index contributed by atoms with van der Waals surface area (Å²) < 4.78 is 50.9. The van der Waals surface area contributed by atoms with E-state index in [-0.39, 0.29) is 41.3 Å². The number of aliphatic carboxylic acids is 1. The topological polar surface area (TPSA) is 119 Å². The zero-order valence-corrected chi connectivity index (χ0v) is 15.7. The molecule has 0 atom stereocenters. The molecule has 0 aromatic heterocycles. The first kappa shape index (κ1) is 21.2. The Morgan fingerprint density at radius 2 is 1.82 bits per heavy atom. The summed E-state index contributed by atoms with van der Waals surface area (Å²) in [6.07, 6.45) is 0.0741. The second-order valence-corrected chi connectivity index (χ2v) is 7.29. The van der Waals surface area contributed by atoms with Gasteiger partial charge in [-0.2, -0.15) is 0 Å². The van der Waals surface area contributed by atoms with Crippen LogP contribution in [-0.2, 0) is 19.6 Å². The molecule has 0 aliphatic heterocycles. The summed E-state index contributed by atoms with van der Waals surface area (Å²) in [7, 11) is -2.84. The lowest BCUT2D eigenvalue weighted by Gasteiger charge is -2.11. The van der Waals surface area contributed by atoms with Crippen molar-refractivity contribution >= 4 is 27.6 Å². The van der Waals surface area contributed by atoms with Crippen LogP contribution in [0.15, 0.2) is 47.4 Å². The van der Waals surface area contributed by atoms with E-state index in [9.17, 15) is 22.4 Å². The summed E-state index contributed by atoms with van der Waals surface area (Å²) in [5, 5.41) is 8.54. The molecule has 0 spiro atoms. The van der Waals surface area contributed by atoms with Crippen molar-refractivity contribution in [3.63, 3.8) is 0 Å².